The molecule has 2 aromatic rings. The molecule has 0 amide bonds. The van der Waals surface area contributed by atoms with Crippen LogP contribution >= 0.6 is 11.3 Å². The molecule has 0 aliphatic rings. The molecule has 0 saturated carbocycles. The van der Waals surface area contributed by atoms with Crippen molar-refractivity contribution in [2.75, 3.05) is 0 Å². The Morgan fingerprint density at radius 1 is 1.29 bits per heavy atom. The van der Waals surface area contributed by atoms with Crippen molar-refractivity contribution >= 4 is 11.3 Å². The van der Waals surface area contributed by atoms with E-state index < -0.39 is 0 Å². The van der Waals surface area contributed by atoms with Gasteiger partial charge in [-0.15, -0.1) is 11.3 Å². The summed E-state index contributed by atoms with van der Waals surface area (Å²) in [6.07, 6.45) is 1.78. The number of benzene rings is 1. The minimum absolute atomic E-state index is 0.159. The molecule has 0 radical (unpaired) electrons. The second-order valence-electron chi connectivity index (χ2n) is 3.21. The molecule has 14 heavy (non-hydrogen) atoms. The quantitative estimate of drug-likeness (QED) is 0.696. The Bertz CT molecular complexity index is 462. The van der Waals surface area contributed by atoms with Gasteiger partial charge >= 0.3 is 0 Å². The second kappa shape index (κ2) is 3.50. The molecule has 0 saturated heterocycles. The highest BCUT2D eigenvalue weighted by Gasteiger charge is 2.04. The number of aryl methyl sites for hydroxylation is 2. The fraction of sp³-hybridized carbons (Fsp3) is 0.182. The average Bonchev–Trinajstić information content (AvgIpc) is 2.57. The highest BCUT2D eigenvalue weighted by molar-refractivity contribution is 7.15. The predicted molar refractivity (Wildman–Crippen MR) is 57.0 cm³/mol. The molecule has 3 heteroatoms. The maximum absolute atomic E-state index is 13.3. The van der Waals surface area contributed by atoms with E-state index in [1.165, 1.54) is 0 Å². The lowest BCUT2D eigenvalue weighted by molar-refractivity contribution is 0.619. The fourth-order valence-corrected chi connectivity index (χ4v) is 2.01. The minimum atomic E-state index is -0.159. The van der Waals surface area contributed by atoms with Gasteiger partial charge in [-0.2, -0.15) is 0 Å². The third-order valence-electron chi connectivity index (χ3n) is 2.08. The highest BCUT2D eigenvalue weighted by Crippen LogP contribution is 2.26. The Morgan fingerprint density at radius 2 is 2.07 bits per heavy atom. The van der Waals surface area contributed by atoms with Crippen LogP contribution in [0.3, 0.4) is 0 Å². The van der Waals surface area contributed by atoms with Crippen molar-refractivity contribution in [1.29, 1.82) is 0 Å². The van der Waals surface area contributed by atoms with Gasteiger partial charge in [0.1, 0.15) is 5.82 Å². The van der Waals surface area contributed by atoms with Gasteiger partial charge in [0.2, 0.25) is 0 Å². The zero-order chi connectivity index (χ0) is 10.1. The molecule has 0 aliphatic carbocycles. The van der Waals surface area contributed by atoms with E-state index in [0.717, 1.165) is 15.4 Å². The lowest BCUT2D eigenvalue weighted by Crippen LogP contribution is -1.82. The van der Waals surface area contributed by atoms with Gasteiger partial charge in [0, 0.05) is 6.20 Å². The van der Waals surface area contributed by atoms with Crippen LogP contribution in [0, 0.1) is 19.7 Å². The molecule has 0 aliphatic heterocycles. The average molecular weight is 207 g/mol. The summed E-state index contributed by atoms with van der Waals surface area (Å²) < 4.78 is 13.3. The van der Waals surface area contributed by atoms with Crippen LogP contribution in [0.4, 0.5) is 4.39 Å². The molecule has 1 aromatic carbocycles. The Kier molecular flexibility index (Phi) is 2.33. The van der Waals surface area contributed by atoms with Crippen molar-refractivity contribution in [3.05, 3.63) is 40.8 Å². The summed E-state index contributed by atoms with van der Waals surface area (Å²) in [4.78, 5) is 5.16. The number of hydrogen-bond donors (Lipinski definition) is 0. The van der Waals surface area contributed by atoms with Crippen LogP contribution in [-0.4, -0.2) is 4.98 Å². The monoisotopic (exact) mass is 207 g/mol. The molecule has 1 aromatic heterocycles. The van der Waals surface area contributed by atoms with E-state index in [4.69, 9.17) is 0 Å². The molecular formula is C11H10FNS. The first kappa shape index (κ1) is 9.34. The van der Waals surface area contributed by atoms with Crippen molar-refractivity contribution < 1.29 is 4.39 Å². The van der Waals surface area contributed by atoms with Gasteiger partial charge in [0.05, 0.1) is 9.88 Å². The standard InChI is InChI=1S/C11H10FNS/c1-7-3-4-9(5-10(7)12)11-6-13-8(2)14-11/h3-6H,1-2H3. The van der Waals surface area contributed by atoms with Gasteiger partial charge < -0.3 is 0 Å². The van der Waals surface area contributed by atoms with Crippen LogP contribution in [0.25, 0.3) is 10.4 Å². The number of rotatable bonds is 1. The Balaban J connectivity index is 2.47. The molecule has 0 spiro atoms. The third kappa shape index (κ3) is 1.68. The topological polar surface area (TPSA) is 12.9 Å². The van der Waals surface area contributed by atoms with E-state index in [-0.39, 0.29) is 5.82 Å². The predicted octanol–water partition coefficient (Wildman–Crippen LogP) is 3.57. The summed E-state index contributed by atoms with van der Waals surface area (Å²) in [5.74, 6) is -0.159. The Hall–Kier alpha value is -1.22. The lowest BCUT2D eigenvalue weighted by atomic mass is 10.1. The van der Waals surface area contributed by atoms with Gasteiger partial charge in [-0.3, -0.25) is 0 Å². The first-order valence-corrected chi connectivity index (χ1v) is 5.17. The molecule has 0 N–H and O–H groups in total. The van der Waals surface area contributed by atoms with Crippen LogP contribution in [0.15, 0.2) is 24.4 Å². The van der Waals surface area contributed by atoms with Gasteiger partial charge in [0.25, 0.3) is 0 Å². The highest BCUT2D eigenvalue weighted by atomic mass is 32.1. The van der Waals surface area contributed by atoms with Gasteiger partial charge in [0.15, 0.2) is 0 Å². The second-order valence-corrected chi connectivity index (χ2v) is 4.44. The molecule has 72 valence electrons. The SMILES string of the molecule is Cc1ncc(-c2ccc(C)c(F)c2)s1. The maximum Gasteiger partial charge on any atom is 0.126 e. The number of halogens is 1. The van der Waals surface area contributed by atoms with E-state index in [2.05, 4.69) is 4.98 Å². The zero-order valence-corrected chi connectivity index (χ0v) is 8.86. The summed E-state index contributed by atoms with van der Waals surface area (Å²) >= 11 is 1.58. The molecule has 1 nitrogen and oxygen atoms in total. The van der Waals surface area contributed by atoms with Crippen LogP contribution in [-0.2, 0) is 0 Å². The van der Waals surface area contributed by atoms with Crippen LogP contribution in [0.5, 0.6) is 0 Å². The molecule has 0 atom stereocenters. The van der Waals surface area contributed by atoms with Gasteiger partial charge in [-0.25, -0.2) is 9.37 Å². The summed E-state index contributed by atoms with van der Waals surface area (Å²) in [6.45, 7) is 3.70. The minimum Gasteiger partial charge on any atom is -0.249 e. The summed E-state index contributed by atoms with van der Waals surface area (Å²) in [7, 11) is 0. The van der Waals surface area contributed by atoms with Crippen molar-refractivity contribution in [2.45, 2.75) is 13.8 Å². The van der Waals surface area contributed by atoms with Gasteiger partial charge in [-0.1, -0.05) is 12.1 Å². The number of nitrogens with zero attached hydrogens (tertiary/aromatic N) is 1. The molecular weight excluding hydrogens is 197 g/mol. The normalized spacial score (nSPS) is 10.5. The maximum atomic E-state index is 13.3. The fourth-order valence-electron chi connectivity index (χ4n) is 1.24. The first-order valence-electron chi connectivity index (χ1n) is 4.36. The summed E-state index contributed by atoms with van der Waals surface area (Å²) in [5, 5.41) is 1.00. The van der Waals surface area contributed by atoms with Crippen molar-refractivity contribution in [2.24, 2.45) is 0 Å². The number of thiazole rings is 1. The molecule has 0 bridgehead atoms. The Morgan fingerprint density at radius 3 is 2.64 bits per heavy atom. The third-order valence-corrected chi connectivity index (χ3v) is 3.04. The smallest absolute Gasteiger partial charge is 0.126 e. The lowest BCUT2D eigenvalue weighted by Gasteiger charge is -1.99. The van der Waals surface area contributed by atoms with Crippen LogP contribution in [0.1, 0.15) is 10.6 Å². The van der Waals surface area contributed by atoms with Crippen LogP contribution < -0.4 is 0 Å². The van der Waals surface area contributed by atoms with Crippen molar-refractivity contribution in [1.82, 2.24) is 4.98 Å². The largest absolute Gasteiger partial charge is 0.249 e. The van der Waals surface area contributed by atoms with Crippen molar-refractivity contribution in [3.8, 4) is 10.4 Å². The van der Waals surface area contributed by atoms with E-state index >= 15 is 0 Å². The van der Waals surface area contributed by atoms with E-state index in [0.29, 0.717) is 5.56 Å². The number of aromatic nitrogens is 1. The Labute approximate surface area is 86.2 Å². The van der Waals surface area contributed by atoms with E-state index in [9.17, 15) is 4.39 Å². The molecule has 0 unspecified atom stereocenters. The summed E-state index contributed by atoms with van der Waals surface area (Å²) in [5.41, 5.74) is 1.58. The zero-order valence-electron chi connectivity index (χ0n) is 8.04. The first-order chi connectivity index (χ1) is 6.66. The molecule has 1 heterocycles. The number of hydrogen-bond acceptors (Lipinski definition) is 2. The van der Waals surface area contributed by atoms with E-state index in [1.54, 1.807) is 36.6 Å². The molecule has 2 rings (SSSR count). The van der Waals surface area contributed by atoms with Gasteiger partial charge in [-0.05, 0) is 31.0 Å². The summed E-state index contributed by atoms with van der Waals surface area (Å²) in [6, 6.07) is 5.27. The van der Waals surface area contributed by atoms with Crippen molar-refractivity contribution in [3.63, 3.8) is 0 Å². The van der Waals surface area contributed by atoms with E-state index in [1.807, 2.05) is 13.0 Å². The van der Waals surface area contributed by atoms with Crippen LogP contribution in [0.2, 0.25) is 0 Å². The molecule has 0 fully saturated rings.